The molecule has 0 aliphatic rings. The summed E-state index contributed by atoms with van der Waals surface area (Å²) in [6, 6.07) is 1.93. The molecule has 18 heavy (non-hydrogen) atoms. The molecule has 100 valence electrons. The summed E-state index contributed by atoms with van der Waals surface area (Å²) in [6.07, 6.45) is 0. The number of carbonyl (C=O) groups is 1. The molecule has 0 aliphatic carbocycles. The van der Waals surface area contributed by atoms with E-state index in [4.69, 9.17) is 0 Å². The summed E-state index contributed by atoms with van der Waals surface area (Å²) in [5, 5.41) is 0. The fraction of sp³-hybridized carbons (Fsp3) is 0.462. The van der Waals surface area contributed by atoms with Crippen LogP contribution in [0.4, 0.5) is 8.78 Å². The van der Waals surface area contributed by atoms with Gasteiger partial charge in [0.2, 0.25) is 0 Å². The lowest BCUT2D eigenvalue weighted by Crippen LogP contribution is -2.42. The van der Waals surface area contributed by atoms with Crippen molar-refractivity contribution in [3.05, 3.63) is 33.8 Å². The van der Waals surface area contributed by atoms with E-state index in [9.17, 15) is 13.6 Å². The highest BCUT2D eigenvalue weighted by molar-refractivity contribution is 9.10. The Labute approximate surface area is 114 Å². The van der Waals surface area contributed by atoms with Crippen LogP contribution in [0.25, 0.3) is 0 Å². The van der Waals surface area contributed by atoms with Crippen molar-refractivity contribution in [2.75, 3.05) is 0 Å². The highest BCUT2D eigenvalue weighted by Gasteiger charge is 2.27. The van der Waals surface area contributed by atoms with E-state index in [0.717, 1.165) is 12.1 Å². The molecule has 0 bridgehead atoms. The fourth-order valence-electron chi connectivity index (χ4n) is 1.94. The van der Waals surface area contributed by atoms with Crippen molar-refractivity contribution >= 4 is 21.8 Å². The molecule has 0 aromatic heterocycles. The predicted octanol–water partition coefficient (Wildman–Crippen LogP) is 3.99. The lowest BCUT2D eigenvalue weighted by atomic mass is 10.1. The smallest absolute Gasteiger partial charge is 0.260 e. The predicted molar refractivity (Wildman–Crippen MR) is 70.5 cm³/mol. The maximum atomic E-state index is 13.7. The minimum Gasteiger partial charge on any atom is -0.334 e. The van der Waals surface area contributed by atoms with Gasteiger partial charge in [0.15, 0.2) is 0 Å². The van der Waals surface area contributed by atoms with Gasteiger partial charge in [0, 0.05) is 16.6 Å². The Balaban J connectivity index is 3.25. The highest BCUT2D eigenvalue weighted by atomic mass is 79.9. The van der Waals surface area contributed by atoms with Crippen LogP contribution >= 0.6 is 15.9 Å². The van der Waals surface area contributed by atoms with Crippen LogP contribution in [0.3, 0.4) is 0 Å². The topological polar surface area (TPSA) is 20.3 Å². The molecule has 0 radical (unpaired) electrons. The standard InChI is InChI=1S/C13H16BrF2NO/c1-7(2)17(8(3)4)13(18)12-10(15)5-9(14)6-11(12)16/h5-8H,1-4H3. The van der Waals surface area contributed by atoms with Gasteiger partial charge in [-0.25, -0.2) is 8.78 Å². The Kier molecular flexibility index (Phi) is 4.85. The first-order valence-corrected chi connectivity index (χ1v) is 6.52. The molecule has 0 aliphatic heterocycles. The van der Waals surface area contributed by atoms with E-state index in [0.29, 0.717) is 0 Å². The van der Waals surface area contributed by atoms with Crippen LogP contribution in [0.15, 0.2) is 16.6 Å². The van der Waals surface area contributed by atoms with Gasteiger partial charge in [-0.2, -0.15) is 0 Å². The Bertz CT molecular complexity index is 429. The molecule has 1 aromatic carbocycles. The van der Waals surface area contributed by atoms with Crippen molar-refractivity contribution < 1.29 is 13.6 Å². The molecule has 0 saturated heterocycles. The summed E-state index contributed by atoms with van der Waals surface area (Å²) in [4.78, 5) is 13.7. The summed E-state index contributed by atoms with van der Waals surface area (Å²) in [6.45, 7) is 7.25. The van der Waals surface area contributed by atoms with Crippen molar-refractivity contribution in [1.29, 1.82) is 0 Å². The van der Waals surface area contributed by atoms with Crippen LogP contribution in [0.5, 0.6) is 0 Å². The number of benzene rings is 1. The monoisotopic (exact) mass is 319 g/mol. The molecule has 1 rings (SSSR count). The van der Waals surface area contributed by atoms with E-state index < -0.39 is 23.1 Å². The van der Waals surface area contributed by atoms with Crippen LogP contribution in [-0.2, 0) is 0 Å². The average Bonchev–Trinajstić information content (AvgIpc) is 2.13. The third-order valence-electron chi connectivity index (χ3n) is 2.57. The van der Waals surface area contributed by atoms with Gasteiger partial charge in [-0.3, -0.25) is 4.79 Å². The summed E-state index contributed by atoms with van der Waals surface area (Å²) < 4.78 is 27.7. The molecular weight excluding hydrogens is 304 g/mol. The minimum absolute atomic E-state index is 0.125. The zero-order chi connectivity index (χ0) is 14.0. The second-order valence-corrected chi connectivity index (χ2v) is 5.56. The minimum atomic E-state index is -0.849. The summed E-state index contributed by atoms with van der Waals surface area (Å²) in [5.74, 6) is -2.32. The second-order valence-electron chi connectivity index (χ2n) is 4.64. The normalized spacial score (nSPS) is 11.2. The van der Waals surface area contributed by atoms with Gasteiger partial charge in [0.1, 0.15) is 17.2 Å². The van der Waals surface area contributed by atoms with Crippen molar-refractivity contribution in [3.63, 3.8) is 0 Å². The molecule has 1 amide bonds. The van der Waals surface area contributed by atoms with Gasteiger partial charge in [-0.1, -0.05) is 15.9 Å². The van der Waals surface area contributed by atoms with Crippen molar-refractivity contribution in [2.24, 2.45) is 0 Å². The molecule has 0 atom stereocenters. The van der Waals surface area contributed by atoms with Crippen LogP contribution in [-0.4, -0.2) is 22.9 Å². The number of nitrogens with zero attached hydrogens (tertiary/aromatic N) is 1. The van der Waals surface area contributed by atoms with Crippen molar-refractivity contribution in [1.82, 2.24) is 4.90 Å². The third kappa shape index (κ3) is 3.07. The van der Waals surface area contributed by atoms with Crippen LogP contribution in [0.1, 0.15) is 38.1 Å². The maximum absolute atomic E-state index is 13.7. The van der Waals surface area contributed by atoms with Crippen molar-refractivity contribution in [3.8, 4) is 0 Å². The molecule has 0 fully saturated rings. The van der Waals surface area contributed by atoms with Crippen LogP contribution in [0, 0.1) is 11.6 Å². The van der Waals surface area contributed by atoms with E-state index in [1.54, 1.807) is 0 Å². The van der Waals surface area contributed by atoms with Gasteiger partial charge in [0.25, 0.3) is 5.91 Å². The largest absolute Gasteiger partial charge is 0.334 e. The Hall–Kier alpha value is -0.970. The maximum Gasteiger partial charge on any atom is 0.260 e. The summed E-state index contributed by atoms with van der Waals surface area (Å²) in [5.41, 5.74) is -0.499. The number of amides is 1. The van der Waals surface area contributed by atoms with Gasteiger partial charge < -0.3 is 4.90 Å². The molecule has 0 saturated carbocycles. The Morgan fingerprint density at radius 1 is 1.11 bits per heavy atom. The molecule has 1 aromatic rings. The van der Waals surface area contributed by atoms with Crippen molar-refractivity contribution in [2.45, 2.75) is 39.8 Å². The molecule has 2 nitrogen and oxygen atoms in total. The van der Waals surface area contributed by atoms with E-state index in [-0.39, 0.29) is 16.6 Å². The number of carbonyl (C=O) groups excluding carboxylic acids is 1. The first-order valence-electron chi connectivity index (χ1n) is 5.73. The van der Waals surface area contributed by atoms with E-state index in [2.05, 4.69) is 15.9 Å². The Morgan fingerprint density at radius 2 is 1.50 bits per heavy atom. The molecule has 5 heteroatoms. The highest BCUT2D eigenvalue weighted by Crippen LogP contribution is 2.22. The SMILES string of the molecule is CC(C)N(C(=O)c1c(F)cc(Br)cc1F)C(C)C. The van der Waals surface area contributed by atoms with E-state index in [1.165, 1.54) is 4.90 Å². The lowest BCUT2D eigenvalue weighted by Gasteiger charge is -2.31. The molecule has 0 N–H and O–H groups in total. The quantitative estimate of drug-likeness (QED) is 0.825. The number of halogens is 3. The van der Waals surface area contributed by atoms with E-state index >= 15 is 0 Å². The summed E-state index contributed by atoms with van der Waals surface area (Å²) >= 11 is 2.99. The third-order valence-corrected chi connectivity index (χ3v) is 3.03. The zero-order valence-corrected chi connectivity index (χ0v) is 12.4. The fourth-order valence-corrected chi connectivity index (χ4v) is 2.34. The lowest BCUT2D eigenvalue weighted by molar-refractivity contribution is 0.0633. The number of hydrogen-bond donors (Lipinski definition) is 0. The molecule has 0 unspecified atom stereocenters. The number of hydrogen-bond acceptors (Lipinski definition) is 1. The van der Waals surface area contributed by atoms with Crippen LogP contribution in [0.2, 0.25) is 0 Å². The second kappa shape index (κ2) is 5.78. The molecular formula is C13H16BrF2NO. The van der Waals surface area contributed by atoms with E-state index in [1.807, 2.05) is 27.7 Å². The first kappa shape index (κ1) is 15.1. The van der Waals surface area contributed by atoms with Gasteiger partial charge in [-0.05, 0) is 39.8 Å². The first-order chi connectivity index (χ1) is 8.25. The van der Waals surface area contributed by atoms with Gasteiger partial charge in [-0.15, -0.1) is 0 Å². The average molecular weight is 320 g/mol. The van der Waals surface area contributed by atoms with Crippen LogP contribution < -0.4 is 0 Å². The number of rotatable bonds is 3. The van der Waals surface area contributed by atoms with Gasteiger partial charge in [0.05, 0.1) is 0 Å². The molecule has 0 spiro atoms. The molecule has 0 heterocycles. The zero-order valence-electron chi connectivity index (χ0n) is 10.8. The van der Waals surface area contributed by atoms with Gasteiger partial charge >= 0.3 is 0 Å². The summed E-state index contributed by atoms with van der Waals surface area (Å²) in [7, 11) is 0. The Morgan fingerprint density at radius 3 is 1.83 bits per heavy atom.